The third kappa shape index (κ3) is 3.82. The van der Waals surface area contributed by atoms with E-state index in [9.17, 15) is 8.42 Å². The quantitative estimate of drug-likeness (QED) is 0.858. The Labute approximate surface area is 119 Å². The first-order valence-corrected chi connectivity index (χ1v) is 7.97. The molecule has 0 spiro atoms. The average molecular weight is 290 g/mol. The molecular formula is C15H18N2O2S. The van der Waals surface area contributed by atoms with Crippen LogP contribution in [-0.2, 0) is 16.4 Å². The maximum absolute atomic E-state index is 12.1. The summed E-state index contributed by atoms with van der Waals surface area (Å²) in [6.07, 6.45) is 1.83. The average Bonchev–Trinajstić information content (AvgIpc) is 2.47. The highest BCUT2D eigenvalue weighted by Gasteiger charge is 2.12. The molecule has 0 saturated carbocycles. The molecule has 0 atom stereocenters. The van der Waals surface area contributed by atoms with Crippen molar-refractivity contribution in [3.05, 3.63) is 60.2 Å². The van der Waals surface area contributed by atoms with Crippen LogP contribution in [0.25, 0.3) is 0 Å². The molecule has 2 aromatic carbocycles. The van der Waals surface area contributed by atoms with Gasteiger partial charge in [-0.1, -0.05) is 30.3 Å². The van der Waals surface area contributed by atoms with E-state index in [1.54, 1.807) is 42.5 Å². The second-order valence-electron chi connectivity index (χ2n) is 4.51. The summed E-state index contributed by atoms with van der Waals surface area (Å²) in [6.45, 7) is 0.655. The van der Waals surface area contributed by atoms with E-state index in [2.05, 4.69) is 4.72 Å². The lowest BCUT2D eigenvalue weighted by Gasteiger charge is -2.08. The summed E-state index contributed by atoms with van der Waals surface area (Å²) < 4.78 is 26.8. The summed E-state index contributed by atoms with van der Waals surface area (Å²) in [6, 6.07) is 15.7. The summed E-state index contributed by atoms with van der Waals surface area (Å²) in [5, 5.41) is 0. The Balaban J connectivity index is 2.10. The summed E-state index contributed by atoms with van der Waals surface area (Å²) in [4.78, 5) is 0.257. The van der Waals surface area contributed by atoms with Gasteiger partial charge >= 0.3 is 0 Å². The zero-order chi connectivity index (χ0) is 14.4. The van der Waals surface area contributed by atoms with E-state index >= 15 is 0 Å². The molecule has 0 unspecified atom stereocenters. The van der Waals surface area contributed by atoms with Gasteiger partial charge in [-0.3, -0.25) is 4.72 Å². The molecule has 0 fully saturated rings. The molecule has 0 amide bonds. The summed E-state index contributed by atoms with van der Waals surface area (Å²) >= 11 is 0. The Kier molecular flexibility index (Phi) is 4.76. The van der Waals surface area contributed by atoms with Crippen LogP contribution in [0.15, 0.2) is 59.5 Å². The molecule has 5 heteroatoms. The molecule has 106 valence electrons. The van der Waals surface area contributed by atoms with Gasteiger partial charge in [-0.25, -0.2) is 8.42 Å². The molecule has 0 heterocycles. The second kappa shape index (κ2) is 6.54. The Morgan fingerprint density at radius 3 is 2.20 bits per heavy atom. The fourth-order valence-electron chi connectivity index (χ4n) is 1.86. The van der Waals surface area contributed by atoms with E-state index in [1.165, 1.54) is 0 Å². The first-order chi connectivity index (χ1) is 9.62. The molecular weight excluding hydrogens is 272 g/mol. The molecule has 0 aliphatic heterocycles. The molecule has 0 bridgehead atoms. The maximum atomic E-state index is 12.1. The largest absolute Gasteiger partial charge is 0.330 e. The Morgan fingerprint density at radius 2 is 1.60 bits per heavy atom. The van der Waals surface area contributed by atoms with Gasteiger partial charge < -0.3 is 5.73 Å². The first kappa shape index (κ1) is 14.6. The first-order valence-electron chi connectivity index (χ1n) is 6.49. The van der Waals surface area contributed by atoms with E-state index in [0.717, 1.165) is 18.4 Å². The minimum atomic E-state index is -3.51. The molecule has 3 N–H and O–H groups in total. The van der Waals surface area contributed by atoms with E-state index in [0.29, 0.717) is 12.2 Å². The SMILES string of the molecule is NCCCc1ccc(NS(=O)(=O)c2ccccc2)cc1. The fourth-order valence-corrected chi connectivity index (χ4v) is 2.94. The van der Waals surface area contributed by atoms with Crippen molar-refractivity contribution in [3.63, 3.8) is 0 Å². The van der Waals surface area contributed by atoms with Gasteiger partial charge in [-0.05, 0) is 49.2 Å². The van der Waals surface area contributed by atoms with E-state index in [4.69, 9.17) is 5.73 Å². The minimum Gasteiger partial charge on any atom is -0.330 e. The van der Waals surface area contributed by atoms with Crippen LogP contribution in [0.2, 0.25) is 0 Å². The summed E-state index contributed by atoms with van der Waals surface area (Å²) in [7, 11) is -3.51. The van der Waals surface area contributed by atoms with Crippen molar-refractivity contribution in [2.75, 3.05) is 11.3 Å². The van der Waals surface area contributed by atoms with Gasteiger partial charge in [-0.2, -0.15) is 0 Å². The number of aryl methyl sites for hydroxylation is 1. The second-order valence-corrected chi connectivity index (χ2v) is 6.19. The van der Waals surface area contributed by atoms with Crippen LogP contribution in [0.1, 0.15) is 12.0 Å². The number of benzene rings is 2. The highest BCUT2D eigenvalue weighted by Crippen LogP contribution is 2.16. The van der Waals surface area contributed by atoms with Crippen molar-refractivity contribution in [1.29, 1.82) is 0 Å². The molecule has 0 aromatic heterocycles. The monoisotopic (exact) mass is 290 g/mol. The standard InChI is InChI=1S/C15H18N2O2S/c16-12-4-5-13-8-10-14(11-9-13)17-20(18,19)15-6-2-1-3-7-15/h1-3,6-11,17H,4-5,12,16H2. The molecule has 2 aromatic rings. The number of hydrogen-bond donors (Lipinski definition) is 2. The van der Waals surface area contributed by atoms with Crippen LogP contribution in [0.5, 0.6) is 0 Å². The van der Waals surface area contributed by atoms with E-state index in [-0.39, 0.29) is 4.90 Å². The zero-order valence-electron chi connectivity index (χ0n) is 11.1. The van der Waals surface area contributed by atoms with Crippen molar-refractivity contribution in [1.82, 2.24) is 0 Å². The predicted molar refractivity (Wildman–Crippen MR) is 81.1 cm³/mol. The molecule has 4 nitrogen and oxygen atoms in total. The summed E-state index contributed by atoms with van der Waals surface area (Å²) in [5.74, 6) is 0. The third-order valence-electron chi connectivity index (χ3n) is 2.93. The Morgan fingerprint density at radius 1 is 0.950 bits per heavy atom. The van der Waals surface area contributed by atoms with Crippen LogP contribution in [-0.4, -0.2) is 15.0 Å². The number of rotatable bonds is 6. The van der Waals surface area contributed by atoms with Gasteiger partial charge in [0.25, 0.3) is 10.0 Å². The molecule has 0 saturated heterocycles. The van der Waals surface area contributed by atoms with Gasteiger partial charge in [-0.15, -0.1) is 0 Å². The molecule has 0 aliphatic carbocycles. The highest BCUT2D eigenvalue weighted by atomic mass is 32.2. The van der Waals surface area contributed by atoms with E-state index < -0.39 is 10.0 Å². The number of hydrogen-bond acceptors (Lipinski definition) is 3. The zero-order valence-corrected chi connectivity index (χ0v) is 11.9. The number of nitrogens with two attached hydrogens (primary N) is 1. The Hall–Kier alpha value is -1.85. The lowest BCUT2D eigenvalue weighted by molar-refractivity contribution is 0.601. The fraction of sp³-hybridized carbons (Fsp3) is 0.200. The number of anilines is 1. The minimum absolute atomic E-state index is 0.257. The normalized spacial score (nSPS) is 11.2. The van der Waals surface area contributed by atoms with Crippen LogP contribution in [0, 0.1) is 0 Å². The van der Waals surface area contributed by atoms with Gasteiger partial charge in [0.1, 0.15) is 0 Å². The number of nitrogens with one attached hydrogen (secondary N) is 1. The maximum Gasteiger partial charge on any atom is 0.261 e. The van der Waals surface area contributed by atoms with Crippen LogP contribution >= 0.6 is 0 Å². The topological polar surface area (TPSA) is 72.2 Å². The predicted octanol–water partition coefficient (Wildman–Crippen LogP) is 2.38. The lowest BCUT2D eigenvalue weighted by atomic mass is 10.1. The van der Waals surface area contributed by atoms with Crippen molar-refractivity contribution in [2.24, 2.45) is 5.73 Å². The number of sulfonamides is 1. The third-order valence-corrected chi connectivity index (χ3v) is 4.33. The van der Waals surface area contributed by atoms with Crippen LogP contribution in [0.4, 0.5) is 5.69 Å². The van der Waals surface area contributed by atoms with Crippen molar-refractivity contribution < 1.29 is 8.42 Å². The van der Waals surface area contributed by atoms with Crippen LogP contribution < -0.4 is 10.5 Å². The molecule has 0 radical (unpaired) electrons. The molecule has 2 rings (SSSR count). The van der Waals surface area contributed by atoms with Gasteiger partial charge in [0.05, 0.1) is 4.90 Å². The smallest absolute Gasteiger partial charge is 0.261 e. The summed E-state index contributed by atoms with van der Waals surface area (Å²) in [5.41, 5.74) is 7.17. The van der Waals surface area contributed by atoms with Gasteiger partial charge in [0.15, 0.2) is 0 Å². The van der Waals surface area contributed by atoms with Crippen LogP contribution in [0.3, 0.4) is 0 Å². The Bertz CT molecular complexity index is 637. The van der Waals surface area contributed by atoms with E-state index in [1.807, 2.05) is 12.1 Å². The molecule has 0 aliphatic rings. The lowest BCUT2D eigenvalue weighted by Crippen LogP contribution is -2.12. The van der Waals surface area contributed by atoms with Gasteiger partial charge in [0.2, 0.25) is 0 Å². The van der Waals surface area contributed by atoms with Crippen molar-refractivity contribution >= 4 is 15.7 Å². The van der Waals surface area contributed by atoms with Gasteiger partial charge in [0, 0.05) is 5.69 Å². The van der Waals surface area contributed by atoms with Crippen molar-refractivity contribution in [3.8, 4) is 0 Å². The van der Waals surface area contributed by atoms with Crippen molar-refractivity contribution in [2.45, 2.75) is 17.7 Å². The molecule has 20 heavy (non-hydrogen) atoms. The highest BCUT2D eigenvalue weighted by molar-refractivity contribution is 7.92.